The number of likely N-dealkylation sites (N-methyl/N-ethyl adjacent to an activating group) is 1. The lowest BCUT2D eigenvalue weighted by Crippen LogP contribution is -2.47. The van der Waals surface area contributed by atoms with Gasteiger partial charge >= 0.3 is 0 Å². The Balaban J connectivity index is 2.53. The van der Waals surface area contributed by atoms with Crippen LogP contribution in [0.2, 0.25) is 0 Å². The first-order valence-electron chi connectivity index (χ1n) is 6.55. The minimum absolute atomic E-state index is 0.313. The average Bonchev–Trinajstić information content (AvgIpc) is 3.18. The smallest absolute Gasteiger partial charge is 0.279 e. The highest BCUT2D eigenvalue weighted by Crippen LogP contribution is 2.30. The predicted octanol–water partition coefficient (Wildman–Crippen LogP) is -0.950. The minimum Gasteiger partial charge on any atom is -0.382 e. The summed E-state index contributed by atoms with van der Waals surface area (Å²) in [5.41, 5.74) is 0. The van der Waals surface area contributed by atoms with E-state index in [1.807, 2.05) is 6.92 Å². The van der Waals surface area contributed by atoms with Crippen molar-refractivity contribution in [1.29, 1.82) is 0 Å². The van der Waals surface area contributed by atoms with Gasteiger partial charge in [0.15, 0.2) is 0 Å². The molecule has 0 aromatic carbocycles. The van der Waals surface area contributed by atoms with Gasteiger partial charge in [0.25, 0.3) is 10.2 Å². The second-order valence-electron chi connectivity index (χ2n) is 4.78. The van der Waals surface area contributed by atoms with Gasteiger partial charge in [0, 0.05) is 26.7 Å². The molecule has 8 heteroatoms. The Bertz CT molecular complexity index is 395. The Morgan fingerprint density at radius 2 is 2.11 bits per heavy atom. The molecule has 0 aliphatic heterocycles. The van der Waals surface area contributed by atoms with Gasteiger partial charge in [-0.15, -0.1) is 0 Å². The Morgan fingerprint density at radius 1 is 1.47 bits per heavy atom. The quantitative estimate of drug-likeness (QED) is 0.510. The van der Waals surface area contributed by atoms with Crippen LogP contribution in [0.1, 0.15) is 26.2 Å². The molecule has 0 unspecified atom stereocenters. The summed E-state index contributed by atoms with van der Waals surface area (Å²) >= 11 is 0. The summed E-state index contributed by atoms with van der Waals surface area (Å²) in [4.78, 5) is 11.1. The SMILES string of the molecule is CCCN(CC1CC1)S(=O)(=O)NC[C@@H](O)C(=O)NC. The second kappa shape index (κ2) is 7.18. The largest absolute Gasteiger partial charge is 0.382 e. The Hall–Kier alpha value is -0.700. The molecule has 3 N–H and O–H groups in total. The van der Waals surface area contributed by atoms with E-state index in [4.69, 9.17) is 0 Å². The van der Waals surface area contributed by atoms with Crippen molar-refractivity contribution in [3.8, 4) is 0 Å². The molecular weight excluding hydrogens is 270 g/mol. The van der Waals surface area contributed by atoms with Crippen molar-refractivity contribution >= 4 is 16.1 Å². The molecule has 0 saturated heterocycles. The maximum absolute atomic E-state index is 12.1. The molecule has 1 atom stereocenters. The average molecular weight is 293 g/mol. The van der Waals surface area contributed by atoms with Gasteiger partial charge in [-0.05, 0) is 25.2 Å². The van der Waals surface area contributed by atoms with Crippen molar-refractivity contribution in [2.24, 2.45) is 5.92 Å². The van der Waals surface area contributed by atoms with Crippen LogP contribution in [0.25, 0.3) is 0 Å². The predicted molar refractivity (Wildman–Crippen MR) is 71.6 cm³/mol. The first-order valence-corrected chi connectivity index (χ1v) is 7.99. The van der Waals surface area contributed by atoms with E-state index in [1.54, 1.807) is 0 Å². The zero-order chi connectivity index (χ0) is 14.5. The summed E-state index contributed by atoms with van der Waals surface area (Å²) in [5, 5.41) is 11.7. The maximum atomic E-state index is 12.1. The van der Waals surface area contributed by atoms with Crippen molar-refractivity contribution in [3.63, 3.8) is 0 Å². The van der Waals surface area contributed by atoms with Crippen molar-refractivity contribution in [3.05, 3.63) is 0 Å². The van der Waals surface area contributed by atoms with E-state index in [-0.39, 0.29) is 6.54 Å². The van der Waals surface area contributed by atoms with E-state index < -0.39 is 22.2 Å². The van der Waals surface area contributed by atoms with E-state index in [0.717, 1.165) is 19.3 Å². The second-order valence-corrected chi connectivity index (χ2v) is 6.54. The molecule has 1 aliphatic carbocycles. The van der Waals surface area contributed by atoms with Crippen LogP contribution in [0, 0.1) is 5.92 Å². The summed E-state index contributed by atoms with van der Waals surface area (Å²) in [6, 6.07) is 0. The number of aliphatic hydroxyl groups excluding tert-OH is 1. The first-order chi connectivity index (χ1) is 8.90. The molecule has 0 aromatic heterocycles. The summed E-state index contributed by atoms with van der Waals surface area (Å²) in [6.07, 6.45) is 1.49. The molecule has 0 spiro atoms. The van der Waals surface area contributed by atoms with Crippen LogP contribution in [0.3, 0.4) is 0 Å². The number of rotatable bonds is 9. The molecule has 1 saturated carbocycles. The number of nitrogens with one attached hydrogen (secondary N) is 2. The van der Waals surface area contributed by atoms with Gasteiger partial charge in [0.05, 0.1) is 0 Å². The Kier molecular flexibility index (Phi) is 6.18. The maximum Gasteiger partial charge on any atom is 0.279 e. The molecule has 0 bridgehead atoms. The van der Waals surface area contributed by atoms with Gasteiger partial charge in [-0.3, -0.25) is 4.79 Å². The Labute approximate surface area is 114 Å². The van der Waals surface area contributed by atoms with Gasteiger partial charge in [-0.1, -0.05) is 6.92 Å². The van der Waals surface area contributed by atoms with Crippen molar-refractivity contribution in [1.82, 2.24) is 14.3 Å². The lowest BCUT2D eigenvalue weighted by Gasteiger charge is -2.22. The molecular formula is C11H23N3O4S. The Morgan fingerprint density at radius 3 is 2.58 bits per heavy atom. The molecule has 1 amide bonds. The number of hydrogen-bond acceptors (Lipinski definition) is 4. The third-order valence-electron chi connectivity index (χ3n) is 2.98. The molecule has 19 heavy (non-hydrogen) atoms. The van der Waals surface area contributed by atoms with E-state index in [9.17, 15) is 18.3 Å². The number of carbonyl (C=O) groups excluding carboxylic acids is 1. The zero-order valence-electron chi connectivity index (χ0n) is 11.4. The minimum atomic E-state index is -3.63. The fraction of sp³-hybridized carbons (Fsp3) is 0.909. The topological polar surface area (TPSA) is 98.7 Å². The van der Waals surface area contributed by atoms with Crippen LogP contribution < -0.4 is 10.0 Å². The summed E-state index contributed by atoms with van der Waals surface area (Å²) in [6.45, 7) is 2.56. The highest BCUT2D eigenvalue weighted by molar-refractivity contribution is 7.87. The van der Waals surface area contributed by atoms with Gasteiger partial charge in [-0.25, -0.2) is 0 Å². The number of nitrogens with zero attached hydrogens (tertiary/aromatic N) is 1. The van der Waals surface area contributed by atoms with Crippen molar-refractivity contribution in [2.45, 2.75) is 32.3 Å². The monoisotopic (exact) mass is 293 g/mol. The molecule has 112 valence electrons. The van der Waals surface area contributed by atoms with Crippen LogP contribution in [-0.2, 0) is 15.0 Å². The van der Waals surface area contributed by atoms with Crippen LogP contribution in [0.4, 0.5) is 0 Å². The lowest BCUT2D eigenvalue weighted by atomic mass is 10.3. The number of amides is 1. The van der Waals surface area contributed by atoms with Crippen LogP contribution in [0.5, 0.6) is 0 Å². The summed E-state index contributed by atoms with van der Waals surface area (Å²) < 4.78 is 27.8. The highest BCUT2D eigenvalue weighted by Gasteiger charge is 2.30. The van der Waals surface area contributed by atoms with E-state index in [2.05, 4.69) is 10.0 Å². The highest BCUT2D eigenvalue weighted by atomic mass is 32.2. The van der Waals surface area contributed by atoms with E-state index in [1.165, 1.54) is 11.4 Å². The molecule has 0 aromatic rings. The van der Waals surface area contributed by atoms with E-state index >= 15 is 0 Å². The van der Waals surface area contributed by atoms with Gasteiger partial charge in [0.2, 0.25) is 5.91 Å². The zero-order valence-corrected chi connectivity index (χ0v) is 12.2. The van der Waals surface area contributed by atoms with Crippen LogP contribution >= 0.6 is 0 Å². The fourth-order valence-corrected chi connectivity index (χ4v) is 3.06. The molecule has 1 aliphatic rings. The van der Waals surface area contributed by atoms with Gasteiger partial charge < -0.3 is 10.4 Å². The lowest BCUT2D eigenvalue weighted by molar-refractivity contribution is -0.128. The third kappa shape index (κ3) is 5.43. The van der Waals surface area contributed by atoms with Crippen molar-refractivity contribution in [2.75, 3.05) is 26.7 Å². The van der Waals surface area contributed by atoms with Crippen LogP contribution in [-0.4, -0.2) is 56.5 Å². The van der Waals surface area contributed by atoms with Crippen LogP contribution in [0.15, 0.2) is 0 Å². The molecule has 0 radical (unpaired) electrons. The molecule has 7 nitrogen and oxygen atoms in total. The normalized spacial score (nSPS) is 17.5. The summed E-state index contributed by atoms with van der Waals surface area (Å²) in [5.74, 6) is -0.154. The first kappa shape index (κ1) is 16.4. The standard InChI is InChI=1S/C11H23N3O4S/c1-3-6-14(8-9-4-5-9)19(17,18)13-7-10(15)11(16)12-2/h9-10,13,15H,3-8H2,1-2H3,(H,12,16)/t10-/m1/s1. The summed E-state index contributed by atoms with van der Waals surface area (Å²) in [7, 11) is -2.25. The van der Waals surface area contributed by atoms with Gasteiger partial charge in [0.1, 0.15) is 6.10 Å². The number of aliphatic hydroxyl groups is 1. The molecule has 1 fully saturated rings. The number of carbonyl (C=O) groups is 1. The van der Waals surface area contributed by atoms with Crippen molar-refractivity contribution < 1.29 is 18.3 Å². The van der Waals surface area contributed by atoms with Gasteiger partial charge in [-0.2, -0.15) is 17.4 Å². The fourth-order valence-electron chi connectivity index (χ4n) is 1.68. The molecule has 1 rings (SSSR count). The number of hydrogen-bond donors (Lipinski definition) is 3. The molecule has 0 heterocycles. The van der Waals surface area contributed by atoms with E-state index in [0.29, 0.717) is 19.0 Å². The third-order valence-corrected chi connectivity index (χ3v) is 4.52.